The predicted molar refractivity (Wildman–Crippen MR) is 75.6 cm³/mol. The number of nitrogens with one attached hydrogen (secondary N) is 1. The number of urea groups is 1. The summed E-state index contributed by atoms with van der Waals surface area (Å²) in [5, 5.41) is 11.7. The Bertz CT molecular complexity index is 500. The number of piperazine rings is 1. The van der Waals surface area contributed by atoms with Crippen LogP contribution in [-0.4, -0.2) is 64.5 Å². The first-order valence-corrected chi connectivity index (χ1v) is 6.98. The van der Waals surface area contributed by atoms with Crippen LogP contribution in [0.5, 0.6) is 0 Å². The zero-order valence-electron chi connectivity index (χ0n) is 12.5. The minimum Gasteiger partial charge on any atom is -0.481 e. The van der Waals surface area contributed by atoms with E-state index in [2.05, 4.69) is 5.32 Å². The summed E-state index contributed by atoms with van der Waals surface area (Å²) in [5.74, 6) is -1.55. The summed E-state index contributed by atoms with van der Waals surface area (Å²) in [6, 6.07) is -0.633. The molecular weight excluding hydrogens is 274 g/mol. The Hall–Kier alpha value is -2.05. The second kappa shape index (κ2) is 5.38. The maximum atomic E-state index is 12.4. The van der Waals surface area contributed by atoms with E-state index in [1.165, 1.54) is 4.90 Å². The Morgan fingerprint density at radius 1 is 1.33 bits per heavy atom. The summed E-state index contributed by atoms with van der Waals surface area (Å²) in [5.41, 5.74) is -0.897. The number of carboxylic acid groups (broad SMARTS) is 1. The van der Waals surface area contributed by atoms with Gasteiger partial charge < -0.3 is 20.2 Å². The van der Waals surface area contributed by atoms with Crippen molar-refractivity contribution in [3.8, 4) is 0 Å². The van der Waals surface area contributed by atoms with Gasteiger partial charge in [-0.25, -0.2) is 4.79 Å². The maximum Gasteiger partial charge on any atom is 0.318 e. The van der Waals surface area contributed by atoms with E-state index in [1.807, 2.05) is 0 Å². The molecule has 0 aromatic rings. The summed E-state index contributed by atoms with van der Waals surface area (Å²) in [7, 11) is 1.72. The largest absolute Gasteiger partial charge is 0.481 e. The van der Waals surface area contributed by atoms with E-state index in [4.69, 9.17) is 5.11 Å². The van der Waals surface area contributed by atoms with Crippen molar-refractivity contribution in [2.24, 2.45) is 5.92 Å². The molecule has 0 aromatic heterocycles. The van der Waals surface area contributed by atoms with Crippen molar-refractivity contribution in [3.05, 3.63) is 12.2 Å². The van der Waals surface area contributed by atoms with Crippen LogP contribution < -0.4 is 5.32 Å². The van der Waals surface area contributed by atoms with Crippen LogP contribution in [0.4, 0.5) is 4.79 Å². The monoisotopic (exact) mass is 295 g/mol. The highest BCUT2D eigenvalue weighted by molar-refractivity contribution is 5.91. The standard InChI is InChI=1S/C14H21N3O4/c1-14(2)12(20)16(3)6-7-17(14)13(21)15-10-5-4-9(8-10)11(18)19/h4-5,9-10H,6-8H2,1-3H3,(H,15,21)(H,18,19). The lowest BCUT2D eigenvalue weighted by molar-refractivity contribution is -0.144. The number of hydrogen-bond acceptors (Lipinski definition) is 3. The van der Waals surface area contributed by atoms with E-state index in [0.29, 0.717) is 19.5 Å². The summed E-state index contributed by atoms with van der Waals surface area (Å²) in [4.78, 5) is 38.5. The number of likely N-dealkylation sites (N-methyl/N-ethyl adjacent to an activating group) is 1. The third-order valence-electron chi connectivity index (χ3n) is 4.16. The van der Waals surface area contributed by atoms with Gasteiger partial charge in [0.25, 0.3) is 0 Å². The van der Waals surface area contributed by atoms with Gasteiger partial charge in [0.2, 0.25) is 5.91 Å². The van der Waals surface area contributed by atoms with Gasteiger partial charge in [-0.05, 0) is 20.3 Å². The summed E-state index contributed by atoms with van der Waals surface area (Å²) < 4.78 is 0. The smallest absolute Gasteiger partial charge is 0.318 e. The average molecular weight is 295 g/mol. The Balaban J connectivity index is 2.00. The van der Waals surface area contributed by atoms with Gasteiger partial charge in [-0.3, -0.25) is 9.59 Å². The Kier molecular flexibility index (Phi) is 3.93. The molecule has 116 valence electrons. The third-order valence-corrected chi connectivity index (χ3v) is 4.16. The second-order valence-corrected chi connectivity index (χ2v) is 6.06. The van der Waals surface area contributed by atoms with Crippen molar-refractivity contribution in [3.63, 3.8) is 0 Å². The molecule has 1 aliphatic carbocycles. The van der Waals surface area contributed by atoms with Crippen LogP contribution in [0.2, 0.25) is 0 Å². The Morgan fingerprint density at radius 2 is 2.00 bits per heavy atom. The van der Waals surface area contributed by atoms with Gasteiger partial charge in [0.15, 0.2) is 0 Å². The molecule has 21 heavy (non-hydrogen) atoms. The predicted octanol–water partition coefficient (Wildman–Crippen LogP) is 0.278. The molecule has 2 N–H and O–H groups in total. The van der Waals surface area contributed by atoms with Crippen molar-refractivity contribution >= 4 is 17.9 Å². The lowest BCUT2D eigenvalue weighted by Gasteiger charge is -2.44. The van der Waals surface area contributed by atoms with E-state index >= 15 is 0 Å². The van der Waals surface area contributed by atoms with Gasteiger partial charge in [-0.15, -0.1) is 0 Å². The number of carbonyl (C=O) groups excluding carboxylic acids is 2. The molecule has 0 aromatic carbocycles. The fraction of sp³-hybridized carbons (Fsp3) is 0.643. The highest BCUT2D eigenvalue weighted by Gasteiger charge is 2.43. The molecule has 7 heteroatoms. The highest BCUT2D eigenvalue weighted by Crippen LogP contribution is 2.23. The van der Waals surface area contributed by atoms with Crippen LogP contribution in [0.15, 0.2) is 12.2 Å². The lowest BCUT2D eigenvalue weighted by Crippen LogP contribution is -2.65. The van der Waals surface area contributed by atoms with E-state index in [9.17, 15) is 14.4 Å². The fourth-order valence-electron chi connectivity index (χ4n) is 2.79. The molecule has 2 unspecified atom stereocenters. The van der Waals surface area contributed by atoms with E-state index in [0.717, 1.165) is 0 Å². The summed E-state index contributed by atoms with van der Waals surface area (Å²) in [6.07, 6.45) is 3.64. The third kappa shape index (κ3) is 2.86. The van der Waals surface area contributed by atoms with Gasteiger partial charge in [0.05, 0.1) is 12.0 Å². The van der Waals surface area contributed by atoms with E-state index < -0.39 is 17.4 Å². The zero-order valence-corrected chi connectivity index (χ0v) is 12.5. The summed E-state index contributed by atoms with van der Waals surface area (Å²) >= 11 is 0. The molecule has 2 aliphatic rings. The summed E-state index contributed by atoms with van der Waals surface area (Å²) in [6.45, 7) is 4.39. The molecule has 7 nitrogen and oxygen atoms in total. The van der Waals surface area contributed by atoms with E-state index in [1.54, 1.807) is 37.9 Å². The van der Waals surface area contributed by atoms with Crippen LogP contribution in [0.3, 0.4) is 0 Å². The van der Waals surface area contributed by atoms with Gasteiger partial charge >= 0.3 is 12.0 Å². The normalized spacial score (nSPS) is 27.9. The zero-order chi connectivity index (χ0) is 15.8. The molecule has 0 spiro atoms. The topological polar surface area (TPSA) is 89.9 Å². The van der Waals surface area contributed by atoms with Gasteiger partial charge in [0.1, 0.15) is 5.54 Å². The number of amides is 3. The molecule has 1 saturated heterocycles. The average Bonchev–Trinajstić information content (AvgIpc) is 2.84. The van der Waals surface area contributed by atoms with Crippen LogP contribution in [0.25, 0.3) is 0 Å². The molecule has 0 radical (unpaired) electrons. The number of nitrogens with zero attached hydrogens (tertiary/aromatic N) is 2. The molecule has 0 saturated carbocycles. The van der Waals surface area contributed by atoms with Gasteiger partial charge in [-0.2, -0.15) is 0 Å². The first kappa shape index (κ1) is 15.3. The molecule has 2 rings (SSSR count). The van der Waals surface area contributed by atoms with E-state index in [-0.39, 0.29) is 18.0 Å². The SMILES string of the molecule is CN1CCN(C(=O)NC2C=CC(C(=O)O)C2)C(C)(C)C1=O. The minimum absolute atomic E-state index is 0.103. The highest BCUT2D eigenvalue weighted by atomic mass is 16.4. The number of aliphatic carboxylic acids is 1. The molecule has 1 heterocycles. The van der Waals surface area contributed by atoms with Crippen LogP contribution >= 0.6 is 0 Å². The Morgan fingerprint density at radius 3 is 2.57 bits per heavy atom. The van der Waals surface area contributed by atoms with Crippen LogP contribution in [-0.2, 0) is 9.59 Å². The van der Waals surface area contributed by atoms with Crippen molar-refractivity contribution < 1.29 is 19.5 Å². The van der Waals surface area contributed by atoms with Crippen LogP contribution in [0, 0.1) is 5.92 Å². The Labute approximate surface area is 123 Å². The molecule has 2 atom stereocenters. The van der Waals surface area contributed by atoms with Crippen molar-refractivity contribution in [2.45, 2.75) is 31.8 Å². The molecule has 0 bridgehead atoms. The van der Waals surface area contributed by atoms with Crippen molar-refractivity contribution in [1.82, 2.24) is 15.1 Å². The second-order valence-electron chi connectivity index (χ2n) is 6.06. The number of rotatable bonds is 2. The maximum absolute atomic E-state index is 12.4. The molecule has 1 fully saturated rings. The minimum atomic E-state index is -0.897. The lowest BCUT2D eigenvalue weighted by atomic mass is 9.98. The number of carbonyl (C=O) groups is 3. The molecular formula is C14H21N3O4. The van der Waals surface area contributed by atoms with Crippen LogP contribution in [0.1, 0.15) is 20.3 Å². The first-order chi connectivity index (χ1) is 9.73. The molecule has 3 amide bonds. The van der Waals surface area contributed by atoms with Crippen molar-refractivity contribution in [2.75, 3.05) is 20.1 Å². The fourth-order valence-corrected chi connectivity index (χ4v) is 2.79. The first-order valence-electron chi connectivity index (χ1n) is 6.98. The number of hydrogen-bond donors (Lipinski definition) is 2. The quantitative estimate of drug-likeness (QED) is 0.716. The van der Waals surface area contributed by atoms with Crippen molar-refractivity contribution in [1.29, 1.82) is 0 Å². The van der Waals surface area contributed by atoms with Gasteiger partial charge in [0, 0.05) is 20.1 Å². The molecule has 1 aliphatic heterocycles. The number of carboxylic acids is 1. The van der Waals surface area contributed by atoms with Gasteiger partial charge in [-0.1, -0.05) is 12.2 Å².